The molecule has 3 heterocycles. The fourth-order valence-electron chi connectivity index (χ4n) is 6.65. The van der Waals surface area contributed by atoms with Crippen molar-refractivity contribution in [2.24, 2.45) is 11.8 Å². The zero-order chi connectivity index (χ0) is 31.3. The molecule has 1 aliphatic carbocycles. The van der Waals surface area contributed by atoms with E-state index in [-0.39, 0.29) is 36.3 Å². The summed E-state index contributed by atoms with van der Waals surface area (Å²) in [6, 6.07) is 4.67. The van der Waals surface area contributed by atoms with Gasteiger partial charge in [-0.1, -0.05) is 44.4 Å². The lowest BCUT2D eigenvalue weighted by Gasteiger charge is -2.27. The number of allylic oxidation sites excluding steroid dienone is 1. The number of hydrogen-bond acceptors (Lipinski definition) is 8. The van der Waals surface area contributed by atoms with Crippen LogP contribution in [0.15, 0.2) is 30.5 Å². The van der Waals surface area contributed by atoms with Crippen LogP contribution < -0.4 is 16.0 Å². The Morgan fingerprint density at radius 3 is 2.55 bits per heavy atom. The van der Waals surface area contributed by atoms with Crippen LogP contribution in [0.3, 0.4) is 0 Å². The third-order valence-electron chi connectivity index (χ3n) is 9.58. The van der Waals surface area contributed by atoms with Crippen molar-refractivity contribution in [1.29, 1.82) is 0 Å². The summed E-state index contributed by atoms with van der Waals surface area (Å²) in [6.07, 6.45) is 6.97. The molecule has 0 radical (unpaired) electrons. The number of Topliss-reactive ketones (excluding diaryl/α,β-unsaturated/α-hetero) is 2. The van der Waals surface area contributed by atoms with Gasteiger partial charge >= 0.3 is 0 Å². The van der Waals surface area contributed by atoms with Gasteiger partial charge in [0, 0.05) is 36.8 Å². The Morgan fingerprint density at radius 2 is 1.84 bits per heavy atom. The minimum absolute atomic E-state index is 0.0465. The third-order valence-corrected chi connectivity index (χ3v) is 9.58. The average Bonchev–Trinajstić information content (AvgIpc) is 3.54. The van der Waals surface area contributed by atoms with E-state index in [1.807, 2.05) is 17.0 Å². The highest BCUT2D eigenvalue weighted by atomic mass is 16.6. The van der Waals surface area contributed by atoms with Gasteiger partial charge in [-0.25, -0.2) is 0 Å². The highest BCUT2D eigenvalue weighted by molar-refractivity contribution is 5.98. The number of carbonyl (C=O) groups excluding carboxylic acids is 4. The van der Waals surface area contributed by atoms with Crippen molar-refractivity contribution in [1.82, 2.24) is 15.5 Å². The molecule has 10 heteroatoms. The van der Waals surface area contributed by atoms with Gasteiger partial charge in [-0.15, -0.1) is 0 Å². The number of amides is 2. The van der Waals surface area contributed by atoms with E-state index in [1.54, 1.807) is 13.8 Å². The number of rotatable bonds is 14. The van der Waals surface area contributed by atoms with Gasteiger partial charge in [-0.3, -0.25) is 24.1 Å². The molecule has 1 aromatic rings. The summed E-state index contributed by atoms with van der Waals surface area (Å²) in [5.74, 6) is -1.15. The maximum absolute atomic E-state index is 14.0. The van der Waals surface area contributed by atoms with Crippen LogP contribution in [0.4, 0.5) is 5.69 Å². The van der Waals surface area contributed by atoms with Crippen LogP contribution in [0.5, 0.6) is 0 Å². The smallest absolute Gasteiger partial charge is 0.234 e. The molecule has 1 aromatic carbocycles. The van der Waals surface area contributed by atoms with Gasteiger partial charge in [-0.05, 0) is 62.6 Å². The molecule has 3 aliphatic heterocycles. The standard InChI is InChI=1S/C34H48N4O6/c1-22-8-10-26-16-25(9-11-28(26)35-22)17-27(19-30(39)23(2)36-31(40)20-38-12-14-43-15-13-38)33(42)37-29(18-24-6-4-5-7-24)32(41)34(3)21-44-34/h9,11,16,23-24,27,29,35H,1,4-8,10,12-15,17-21H2,2-3H3,(H,36,40)(H,37,42)/t23-,27+,29-,34+/m0/s1. The summed E-state index contributed by atoms with van der Waals surface area (Å²) in [4.78, 5) is 55.6. The molecule has 0 spiro atoms. The number of morpholine rings is 1. The molecular formula is C34H48N4O6. The van der Waals surface area contributed by atoms with E-state index in [2.05, 4.69) is 28.6 Å². The van der Waals surface area contributed by atoms with E-state index in [9.17, 15) is 19.2 Å². The number of aryl methyl sites for hydroxylation is 1. The fraction of sp³-hybridized carbons (Fsp3) is 0.647. The lowest BCUT2D eigenvalue weighted by Crippen LogP contribution is -2.50. The molecule has 2 saturated heterocycles. The van der Waals surface area contributed by atoms with Crippen LogP contribution in [0.25, 0.3) is 0 Å². The number of ketones is 2. The maximum Gasteiger partial charge on any atom is 0.234 e. The van der Waals surface area contributed by atoms with Gasteiger partial charge in [-0.2, -0.15) is 0 Å². The largest absolute Gasteiger partial charge is 0.379 e. The molecule has 3 fully saturated rings. The summed E-state index contributed by atoms with van der Waals surface area (Å²) in [5.41, 5.74) is 3.24. The van der Waals surface area contributed by atoms with E-state index < -0.39 is 23.6 Å². The molecule has 5 rings (SSSR count). The summed E-state index contributed by atoms with van der Waals surface area (Å²) in [7, 11) is 0. The van der Waals surface area contributed by atoms with Crippen molar-refractivity contribution < 1.29 is 28.7 Å². The highest BCUT2D eigenvalue weighted by Gasteiger charge is 2.50. The number of nitrogens with zero attached hydrogens (tertiary/aromatic N) is 1. The van der Waals surface area contributed by atoms with Crippen LogP contribution in [0, 0.1) is 11.8 Å². The minimum atomic E-state index is -0.851. The molecule has 4 atom stereocenters. The van der Waals surface area contributed by atoms with Gasteiger partial charge < -0.3 is 25.4 Å². The number of anilines is 1. The van der Waals surface area contributed by atoms with Crippen LogP contribution in [0.2, 0.25) is 0 Å². The van der Waals surface area contributed by atoms with Gasteiger partial charge in [0.25, 0.3) is 0 Å². The van der Waals surface area contributed by atoms with E-state index in [4.69, 9.17) is 9.47 Å². The van der Waals surface area contributed by atoms with Crippen molar-refractivity contribution >= 4 is 29.1 Å². The lowest BCUT2D eigenvalue weighted by molar-refractivity contribution is -0.134. The number of carbonyl (C=O) groups is 4. The van der Waals surface area contributed by atoms with Crippen LogP contribution in [-0.4, -0.2) is 85.4 Å². The number of epoxide rings is 1. The number of nitrogens with one attached hydrogen (secondary N) is 3. The quantitative estimate of drug-likeness (QED) is 0.275. The summed E-state index contributed by atoms with van der Waals surface area (Å²) >= 11 is 0. The first-order chi connectivity index (χ1) is 21.1. The Kier molecular flexibility index (Phi) is 10.5. The van der Waals surface area contributed by atoms with Gasteiger partial charge in [0.15, 0.2) is 11.6 Å². The second-order valence-corrected chi connectivity index (χ2v) is 13.3. The average molecular weight is 609 g/mol. The van der Waals surface area contributed by atoms with Crippen LogP contribution >= 0.6 is 0 Å². The van der Waals surface area contributed by atoms with Gasteiger partial charge in [0.1, 0.15) is 5.60 Å². The second kappa shape index (κ2) is 14.3. The van der Waals surface area contributed by atoms with E-state index in [0.29, 0.717) is 51.7 Å². The Hall–Kier alpha value is -3.08. The Bertz CT molecular complexity index is 1250. The predicted molar refractivity (Wildman–Crippen MR) is 167 cm³/mol. The predicted octanol–water partition coefficient (Wildman–Crippen LogP) is 2.94. The normalized spacial score (nSPS) is 24.0. The molecular weight excluding hydrogens is 560 g/mol. The molecule has 4 aliphatic rings. The maximum atomic E-state index is 14.0. The Morgan fingerprint density at radius 1 is 1.11 bits per heavy atom. The first-order valence-corrected chi connectivity index (χ1v) is 16.3. The van der Waals surface area contributed by atoms with E-state index in [0.717, 1.165) is 61.0 Å². The first kappa shape index (κ1) is 32.3. The van der Waals surface area contributed by atoms with Crippen molar-refractivity contribution in [2.45, 2.75) is 89.3 Å². The molecule has 0 unspecified atom stereocenters. The summed E-state index contributed by atoms with van der Waals surface area (Å²) in [6.45, 7) is 10.6. The molecule has 10 nitrogen and oxygen atoms in total. The second-order valence-electron chi connectivity index (χ2n) is 13.3. The van der Waals surface area contributed by atoms with Crippen molar-refractivity contribution in [3.8, 4) is 0 Å². The van der Waals surface area contributed by atoms with E-state index in [1.165, 1.54) is 0 Å². The number of fused-ring (bicyclic) bond motifs is 1. The van der Waals surface area contributed by atoms with Gasteiger partial charge in [0.05, 0.1) is 38.4 Å². The van der Waals surface area contributed by atoms with E-state index >= 15 is 0 Å². The molecule has 2 amide bonds. The number of ether oxygens (including phenoxy) is 2. The topological polar surface area (TPSA) is 129 Å². The third kappa shape index (κ3) is 8.55. The summed E-state index contributed by atoms with van der Waals surface area (Å²) < 4.78 is 10.8. The zero-order valence-electron chi connectivity index (χ0n) is 26.3. The number of benzene rings is 1. The molecule has 1 saturated carbocycles. The monoisotopic (exact) mass is 608 g/mol. The van der Waals surface area contributed by atoms with Crippen LogP contribution in [0.1, 0.15) is 69.9 Å². The van der Waals surface area contributed by atoms with Crippen molar-refractivity contribution in [3.63, 3.8) is 0 Å². The van der Waals surface area contributed by atoms with Crippen LogP contribution in [-0.2, 0) is 41.5 Å². The van der Waals surface area contributed by atoms with Gasteiger partial charge in [0.2, 0.25) is 11.8 Å². The molecule has 3 N–H and O–H groups in total. The molecule has 240 valence electrons. The molecule has 0 bridgehead atoms. The SMILES string of the molecule is C=C1CCc2cc(C[C@H](CC(=O)[C@H](C)NC(=O)CN3CCOCC3)C(=O)N[C@@H](CC3CCCC3)C(=O)[C@@]3(C)CO3)ccc2N1. The number of hydrogen-bond donors (Lipinski definition) is 3. The van der Waals surface area contributed by atoms with Crippen molar-refractivity contribution in [3.05, 3.63) is 41.6 Å². The van der Waals surface area contributed by atoms with Crippen molar-refractivity contribution in [2.75, 3.05) is 44.8 Å². The molecule has 44 heavy (non-hydrogen) atoms. The Balaban J connectivity index is 1.29. The zero-order valence-corrected chi connectivity index (χ0v) is 26.3. The summed E-state index contributed by atoms with van der Waals surface area (Å²) in [5, 5.41) is 9.22. The molecule has 0 aromatic heterocycles. The lowest BCUT2D eigenvalue weighted by atomic mass is 9.87. The fourth-order valence-corrected chi connectivity index (χ4v) is 6.65. The highest BCUT2D eigenvalue weighted by Crippen LogP contribution is 2.34. The minimum Gasteiger partial charge on any atom is -0.379 e. The first-order valence-electron chi connectivity index (χ1n) is 16.3. The Labute approximate surface area is 260 Å².